The van der Waals surface area contributed by atoms with Crippen LogP contribution < -0.4 is 4.74 Å². The molecule has 2 aliphatic rings. The molecule has 8 atom stereocenters. The summed E-state index contributed by atoms with van der Waals surface area (Å²) in [5.41, 5.74) is -0.231. The topological polar surface area (TPSA) is 230 Å². The number of phenols is 5. The number of benzene rings is 2. The minimum atomic E-state index is -1.83. The molecule has 0 spiro atoms. The fourth-order valence-corrected chi connectivity index (χ4v) is 4.05. The van der Waals surface area contributed by atoms with Crippen LogP contribution in [0.2, 0.25) is 0 Å². The first kappa shape index (κ1) is 24.1. The van der Waals surface area contributed by atoms with E-state index >= 15 is 0 Å². The SMILES string of the molecule is OCC1OC(OC2C(O)c3c(O)cc(O)cc3OC2c2cc(O)c(O)c(O)c2)C(O)C(O)C1O. The van der Waals surface area contributed by atoms with Gasteiger partial charge in [0, 0.05) is 17.7 Å². The number of hydrogen-bond donors (Lipinski definition) is 10. The molecular weight excluding hydrogens is 460 g/mol. The number of aromatic hydroxyl groups is 5. The molecular formula is C21H24O13. The van der Waals surface area contributed by atoms with Gasteiger partial charge in [0.1, 0.15) is 53.9 Å². The molecule has 0 aromatic heterocycles. The number of hydrogen-bond acceptors (Lipinski definition) is 13. The smallest absolute Gasteiger partial charge is 0.200 e. The molecule has 13 nitrogen and oxygen atoms in total. The highest BCUT2D eigenvalue weighted by molar-refractivity contribution is 5.55. The minimum absolute atomic E-state index is 0.0325. The molecule has 2 aliphatic heterocycles. The van der Waals surface area contributed by atoms with E-state index in [-0.39, 0.29) is 16.9 Å². The number of aliphatic hydroxyl groups excluding tert-OH is 5. The van der Waals surface area contributed by atoms with Gasteiger partial charge in [-0.05, 0) is 12.1 Å². The number of phenolic OH excluding ortho intramolecular Hbond substituents is 5. The van der Waals surface area contributed by atoms with Gasteiger partial charge in [-0.25, -0.2) is 0 Å². The predicted octanol–water partition coefficient (Wildman–Crippen LogP) is -1.43. The predicted molar refractivity (Wildman–Crippen MR) is 108 cm³/mol. The van der Waals surface area contributed by atoms with Gasteiger partial charge in [0.2, 0.25) is 0 Å². The van der Waals surface area contributed by atoms with Gasteiger partial charge >= 0.3 is 0 Å². The lowest BCUT2D eigenvalue weighted by molar-refractivity contribution is -0.325. The third-order valence-electron chi connectivity index (χ3n) is 5.82. The lowest BCUT2D eigenvalue weighted by atomic mass is 9.90. The van der Waals surface area contributed by atoms with Crippen LogP contribution in [0.3, 0.4) is 0 Å². The average molecular weight is 484 g/mol. The van der Waals surface area contributed by atoms with E-state index in [2.05, 4.69) is 0 Å². The quantitative estimate of drug-likeness (QED) is 0.225. The molecule has 186 valence electrons. The van der Waals surface area contributed by atoms with Gasteiger partial charge in [0.25, 0.3) is 0 Å². The monoisotopic (exact) mass is 484 g/mol. The van der Waals surface area contributed by atoms with E-state index in [1.807, 2.05) is 0 Å². The Balaban J connectivity index is 1.77. The van der Waals surface area contributed by atoms with Gasteiger partial charge in [-0.15, -0.1) is 0 Å². The third-order valence-corrected chi connectivity index (χ3v) is 5.82. The molecule has 0 amide bonds. The fourth-order valence-electron chi connectivity index (χ4n) is 4.05. The maximum absolute atomic E-state index is 11.1. The highest BCUT2D eigenvalue weighted by atomic mass is 16.7. The summed E-state index contributed by atoms with van der Waals surface area (Å²) >= 11 is 0. The Morgan fingerprint density at radius 3 is 2.06 bits per heavy atom. The molecule has 0 saturated carbocycles. The molecule has 0 bridgehead atoms. The first-order valence-electron chi connectivity index (χ1n) is 10.1. The van der Waals surface area contributed by atoms with Crippen LogP contribution >= 0.6 is 0 Å². The Bertz CT molecular complexity index is 1030. The van der Waals surface area contributed by atoms with Gasteiger partial charge in [-0.2, -0.15) is 0 Å². The minimum Gasteiger partial charge on any atom is -0.508 e. The summed E-state index contributed by atoms with van der Waals surface area (Å²) in [5.74, 6) is -3.40. The molecule has 0 radical (unpaired) electrons. The summed E-state index contributed by atoms with van der Waals surface area (Å²) in [6.07, 6.45) is -13.0. The number of rotatable bonds is 4. The van der Waals surface area contributed by atoms with Crippen molar-refractivity contribution in [3.63, 3.8) is 0 Å². The van der Waals surface area contributed by atoms with E-state index < -0.39 is 84.4 Å². The summed E-state index contributed by atoms with van der Waals surface area (Å²) in [6, 6.07) is 4.04. The van der Waals surface area contributed by atoms with Crippen LogP contribution in [-0.2, 0) is 9.47 Å². The van der Waals surface area contributed by atoms with Crippen molar-refractivity contribution < 1.29 is 65.3 Å². The van der Waals surface area contributed by atoms with Gasteiger partial charge in [0.05, 0.1) is 12.2 Å². The zero-order valence-electron chi connectivity index (χ0n) is 17.3. The molecule has 1 fully saturated rings. The molecule has 13 heteroatoms. The number of fused-ring (bicyclic) bond motifs is 1. The molecule has 8 unspecified atom stereocenters. The second kappa shape index (κ2) is 8.96. The summed E-state index contributed by atoms with van der Waals surface area (Å²) < 4.78 is 16.8. The van der Waals surface area contributed by atoms with Crippen LogP contribution in [0.5, 0.6) is 34.5 Å². The van der Waals surface area contributed by atoms with E-state index in [0.29, 0.717) is 0 Å². The standard InChI is InChI=1S/C21H24O13/c22-5-12-15(28)17(30)18(31)21(33-12)34-20-16(29)13-8(24)3-7(23)4-11(13)32-19(20)6-1-9(25)14(27)10(26)2-6/h1-4,12,15-31H,5H2. The molecule has 34 heavy (non-hydrogen) atoms. The summed E-state index contributed by atoms with van der Waals surface area (Å²) in [4.78, 5) is 0. The second-order valence-corrected chi connectivity index (χ2v) is 8.07. The molecule has 4 rings (SSSR count). The van der Waals surface area contributed by atoms with Crippen molar-refractivity contribution in [3.05, 3.63) is 35.4 Å². The van der Waals surface area contributed by atoms with Crippen molar-refractivity contribution in [2.24, 2.45) is 0 Å². The fraction of sp³-hybridized carbons (Fsp3) is 0.429. The zero-order valence-corrected chi connectivity index (χ0v) is 17.3. The van der Waals surface area contributed by atoms with Gasteiger partial charge in [-0.1, -0.05) is 0 Å². The van der Waals surface area contributed by atoms with Crippen LogP contribution in [0.25, 0.3) is 0 Å². The average Bonchev–Trinajstić information content (AvgIpc) is 2.78. The normalized spacial score (nSPS) is 33.2. The van der Waals surface area contributed by atoms with E-state index in [0.717, 1.165) is 24.3 Å². The molecule has 2 aromatic carbocycles. The highest BCUT2D eigenvalue weighted by Gasteiger charge is 2.49. The van der Waals surface area contributed by atoms with Crippen molar-refractivity contribution in [2.75, 3.05) is 6.61 Å². The summed E-state index contributed by atoms with van der Waals surface area (Å²) in [5, 5.41) is 100. The van der Waals surface area contributed by atoms with Crippen molar-refractivity contribution in [1.82, 2.24) is 0 Å². The Morgan fingerprint density at radius 2 is 1.44 bits per heavy atom. The number of ether oxygens (including phenoxy) is 3. The van der Waals surface area contributed by atoms with Gasteiger partial charge in [-0.3, -0.25) is 0 Å². The Hall–Kier alpha value is -3.04. The first-order chi connectivity index (χ1) is 16.0. The molecule has 10 N–H and O–H groups in total. The first-order valence-corrected chi connectivity index (χ1v) is 10.1. The van der Waals surface area contributed by atoms with Crippen LogP contribution in [0.4, 0.5) is 0 Å². The maximum Gasteiger partial charge on any atom is 0.200 e. The van der Waals surface area contributed by atoms with E-state index in [1.54, 1.807) is 0 Å². The van der Waals surface area contributed by atoms with Gasteiger partial charge in [0.15, 0.2) is 29.6 Å². The molecule has 1 saturated heterocycles. The lowest BCUT2D eigenvalue weighted by Gasteiger charge is -2.44. The Kier molecular flexibility index (Phi) is 6.35. The largest absolute Gasteiger partial charge is 0.508 e. The van der Waals surface area contributed by atoms with Crippen molar-refractivity contribution in [2.45, 2.75) is 49.0 Å². The van der Waals surface area contributed by atoms with Crippen molar-refractivity contribution in [1.29, 1.82) is 0 Å². The Morgan fingerprint density at radius 1 is 0.794 bits per heavy atom. The van der Waals surface area contributed by atoms with Crippen molar-refractivity contribution in [3.8, 4) is 34.5 Å². The van der Waals surface area contributed by atoms with Crippen LogP contribution in [0, 0.1) is 0 Å². The zero-order chi connectivity index (χ0) is 24.9. The van der Waals surface area contributed by atoms with Crippen molar-refractivity contribution >= 4 is 0 Å². The molecule has 2 aromatic rings. The van der Waals surface area contributed by atoms with E-state index in [1.165, 1.54) is 0 Å². The summed E-state index contributed by atoms with van der Waals surface area (Å²) in [7, 11) is 0. The maximum atomic E-state index is 11.1. The van der Waals surface area contributed by atoms with E-state index in [9.17, 15) is 51.1 Å². The highest BCUT2D eigenvalue weighted by Crippen LogP contribution is 2.50. The summed E-state index contributed by atoms with van der Waals surface area (Å²) in [6.45, 7) is -0.736. The molecule has 0 aliphatic carbocycles. The third kappa shape index (κ3) is 4.03. The lowest BCUT2D eigenvalue weighted by Crippen LogP contribution is -2.60. The van der Waals surface area contributed by atoms with Crippen LogP contribution in [-0.4, -0.2) is 94.5 Å². The van der Waals surface area contributed by atoms with E-state index in [4.69, 9.17) is 14.2 Å². The van der Waals surface area contributed by atoms with Crippen LogP contribution in [0.15, 0.2) is 24.3 Å². The van der Waals surface area contributed by atoms with Crippen LogP contribution in [0.1, 0.15) is 23.3 Å². The Labute approximate surface area is 191 Å². The van der Waals surface area contributed by atoms with Gasteiger partial charge < -0.3 is 65.3 Å². The second-order valence-electron chi connectivity index (χ2n) is 8.07. The number of aliphatic hydroxyl groups is 5. The molecule has 2 heterocycles.